The highest BCUT2D eigenvalue weighted by Gasteiger charge is 2.14. The standard InChI is InChI=1S/C20H23FN4O4/c1-13(26)22-16-7-8-18(29-3)17(10-16)24-20(28)12-25(2)11-19(27)23-15-6-4-5-14(21)9-15/h4-10H,11-12H2,1-3H3,(H,22,26)(H,23,27)(H,24,28). The second-order valence-corrected chi connectivity index (χ2v) is 6.38. The summed E-state index contributed by atoms with van der Waals surface area (Å²) in [4.78, 5) is 37.1. The zero-order chi connectivity index (χ0) is 21.4. The third kappa shape index (κ3) is 7.23. The highest BCUT2D eigenvalue weighted by Crippen LogP contribution is 2.27. The average molecular weight is 402 g/mol. The Kier molecular flexibility index (Phi) is 7.67. The maximum atomic E-state index is 13.2. The highest BCUT2D eigenvalue weighted by molar-refractivity contribution is 5.96. The van der Waals surface area contributed by atoms with Crippen molar-refractivity contribution in [1.29, 1.82) is 0 Å². The average Bonchev–Trinajstić information content (AvgIpc) is 2.61. The van der Waals surface area contributed by atoms with Crippen LogP contribution in [-0.2, 0) is 14.4 Å². The Morgan fingerprint density at radius 3 is 2.24 bits per heavy atom. The molecule has 0 saturated heterocycles. The van der Waals surface area contributed by atoms with Gasteiger partial charge in [-0.2, -0.15) is 0 Å². The number of likely N-dealkylation sites (N-methyl/N-ethyl adjacent to an activating group) is 1. The third-order valence-electron chi connectivity index (χ3n) is 3.73. The molecule has 0 aliphatic carbocycles. The van der Waals surface area contributed by atoms with Crippen LogP contribution < -0.4 is 20.7 Å². The number of nitrogens with zero attached hydrogens (tertiary/aromatic N) is 1. The smallest absolute Gasteiger partial charge is 0.238 e. The van der Waals surface area contributed by atoms with Crippen LogP contribution in [0, 0.1) is 5.82 Å². The number of ether oxygens (including phenoxy) is 1. The van der Waals surface area contributed by atoms with Gasteiger partial charge in [-0.1, -0.05) is 6.07 Å². The SMILES string of the molecule is COc1ccc(NC(C)=O)cc1NC(=O)CN(C)CC(=O)Nc1cccc(F)c1. The van der Waals surface area contributed by atoms with Crippen molar-refractivity contribution in [3.8, 4) is 5.75 Å². The van der Waals surface area contributed by atoms with Gasteiger partial charge >= 0.3 is 0 Å². The van der Waals surface area contributed by atoms with E-state index < -0.39 is 5.82 Å². The zero-order valence-electron chi connectivity index (χ0n) is 16.4. The van der Waals surface area contributed by atoms with E-state index in [4.69, 9.17) is 4.74 Å². The lowest BCUT2D eigenvalue weighted by Crippen LogP contribution is -2.36. The molecular weight excluding hydrogens is 379 g/mol. The van der Waals surface area contributed by atoms with E-state index in [0.29, 0.717) is 22.8 Å². The Hall–Kier alpha value is -3.46. The first-order chi connectivity index (χ1) is 13.8. The Labute approximate surface area is 168 Å². The lowest BCUT2D eigenvalue weighted by atomic mass is 10.2. The second kappa shape index (κ2) is 10.2. The van der Waals surface area contributed by atoms with Crippen molar-refractivity contribution in [1.82, 2.24) is 4.90 Å². The van der Waals surface area contributed by atoms with Crippen LogP contribution in [0.1, 0.15) is 6.92 Å². The molecule has 154 valence electrons. The van der Waals surface area contributed by atoms with Gasteiger partial charge in [0.05, 0.1) is 25.9 Å². The number of amides is 3. The molecule has 0 fully saturated rings. The molecule has 3 amide bonds. The summed E-state index contributed by atoms with van der Waals surface area (Å²) >= 11 is 0. The van der Waals surface area contributed by atoms with Crippen molar-refractivity contribution in [3.63, 3.8) is 0 Å². The maximum absolute atomic E-state index is 13.2. The van der Waals surface area contributed by atoms with E-state index in [9.17, 15) is 18.8 Å². The van der Waals surface area contributed by atoms with Gasteiger partial charge in [-0.15, -0.1) is 0 Å². The first-order valence-electron chi connectivity index (χ1n) is 8.76. The fourth-order valence-electron chi connectivity index (χ4n) is 2.59. The van der Waals surface area contributed by atoms with Crippen LogP contribution in [0.2, 0.25) is 0 Å². The molecule has 0 aliphatic rings. The van der Waals surface area contributed by atoms with Crippen LogP contribution in [0.4, 0.5) is 21.5 Å². The Morgan fingerprint density at radius 2 is 1.62 bits per heavy atom. The van der Waals surface area contributed by atoms with Crippen LogP contribution >= 0.6 is 0 Å². The minimum atomic E-state index is -0.453. The lowest BCUT2D eigenvalue weighted by Gasteiger charge is -2.17. The van der Waals surface area contributed by atoms with E-state index in [1.165, 1.54) is 37.1 Å². The molecule has 0 aromatic heterocycles. The summed E-state index contributed by atoms with van der Waals surface area (Å²) in [6.07, 6.45) is 0. The van der Waals surface area contributed by atoms with Gasteiger partial charge in [0.2, 0.25) is 17.7 Å². The molecule has 0 atom stereocenters. The Morgan fingerprint density at radius 1 is 0.966 bits per heavy atom. The number of nitrogens with one attached hydrogen (secondary N) is 3. The number of methoxy groups -OCH3 is 1. The molecule has 0 unspecified atom stereocenters. The van der Waals surface area contributed by atoms with Crippen LogP contribution in [-0.4, -0.2) is 49.9 Å². The molecule has 0 heterocycles. The summed E-state index contributed by atoms with van der Waals surface area (Å²) < 4.78 is 18.4. The monoisotopic (exact) mass is 402 g/mol. The molecule has 2 aromatic rings. The molecule has 2 rings (SSSR count). The number of hydrogen-bond donors (Lipinski definition) is 3. The van der Waals surface area contributed by atoms with Gasteiger partial charge in [0.1, 0.15) is 11.6 Å². The molecule has 8 nitrogen and oxygen atoms in total. The van der Waals surface area contributed by atoms with Crippen molar-refractivity contribution < 1.29 is 23.5 Å². The third-order valence-corrected chi connectivity index (χ3v) is 3.73. The molecule has 0 spiro atoms. The van der Waals surface area contributed by atoms with E-state index in [2.05, 4.69) is 16.0 Å². The van der Waals surface area contributed by atoms with Crippen LogP contribution in [0.5, 0.6) is 5.75 Å². The topological polar surface area (TPSA) is 99.8 Å². The van der Waals surface area contributed by atoms with Crippen LogP contribution in [0.25, 0.3) is 0 Å². The van der Waals surface area contributed by atoms with E-state index in [-0.39, 0.29) is 30.8 Å². The Balaban J connectivity index is 1.92. The summed E-state index contributed by atoms with van der Waals surface area (Å²) in [6, 6.07) is 10.4. The van der Waals surface area contributed by atoms with Gasteiger partial charge in [-0.05, 0) is 43.4 Å². The van der Waals surface area contributed by atoms with E-state index in [0.717, 1.165) is 0 Å². The van der Waals surface area contributed by atoms with E-state index in [1.807, 2.05) is 0 Å². The zero-order valence-corrected chi connectivity index (χ0v) is 16.4. The van der Waals surface area contributed by atoms with Crippen molar-refractivity contribution >= 4 is 34.8 Å². The molecule has 2 aromatic carbocycles. The number of carbonyl (C=O) groups excluding carboxylic acids is 3. The van der Waals surface area contributed by atoms with E-state index in [1.54, 1.807) is 31.3 Å². The fourth-order valence-corrected chi connectivity index (χ4v) is 2.59. The molecule has 29 heavy (non-hydrogen) atoms. The predicted molar refractivity (Wildman–Crippen MR) is 108 cm³/mol. The van der Waals surface area contributed by atoms with Gasteiger partial charge in [-0.25, -0.2) is 4.39 Å². The number of benzene rings is 2. The molecule has 9 heteroatoms. The first-order valence-corrected chi connectivity index (χ1v) is 8.76. The van der Waals surface area contributed by atoms with Gasteiger partial charge in [-0.3, -0.25) is 19.3 Å². The molecule has 3 N–H and O–H groups in total. The minimum Gasteiger partial charge on any atom is -0.495 e. The highest BCUT2D eigenvalue weighted by atomic mass is 19.1. The van der Waals surface area contributed by atoms with Crippen molar-refractivity contribution in [3.05, 3.63) is 48.3 Å². The quantitative estimate of drug-likeness (QED) is 0.629. The van der Waals surface area contributed by atoms with Gasteiger partial charge in [0.25, 0.3) is 0 Å². The van der Waals surface area contributed by atoms with Gasteiger partial charge in [0.15, 0.2) is 0 Å². The van der Waals surface area contributed by atoms with Crippen LogP contribution in [0.3, 0.4) is 0 Å². The molecular formula is C20H23FN4O4. The summed E-state index contributed by atoms with van der Waals surface area (Å²) in [5.74, 6) is -1.01. The number of carbonyl (C=O) groups is 3. The summed E-state index contributed by atoms with van der Waals surface area (Å²) in [7, 11) is 3.07. The molecule has 0 saturated carbocycles. The number of hydrogen-bond acceptors (Lipinski definition) is 5. The molecule has 0 aliphatic heterocycles. The normalized spacial score (nSPS) is 10.4. The first kappa shape index (κ1) is 21.8. The largest absolute Gasteiger partial charge is 0.495 e. The van der Waals surface area contributed by atoms with Crippen molar-refractivity contribution in [2.24, 2.45) is 0 Å². The van der Waals surface area contributed by atoms with E-state index >= 15 is 0 Å². The number of rotatable bonds is 8. The summed E-state index contributed by atoms with van der Waals surface area (Å²) in [5, 5.41) is 7.89. The second-order valence-electron chi connectivity index (χ2n) is 6.38. The predicted octanol–water partition coefficient (Wildman–Crippen LogP) is 2.30. The number of halogens is 1. The molecule has 0 bridgehead atoms. The van der Waals surface area contributed by atoms with Gasteiger partial charge < -0.3 is 20.7 Å². The maximum Gasteiger partial charge on any atom is 0.238 e. The van der Waals surface area contributed by atoms with Gasteiger partial charge in [0, 0.05) is 18.3 Å². The minimum absolute atomic E-state index is 0.0625. The lowest BCUT2D eigenvalue weighted by molar-refractivity contribution is -0.119. The van der Waals surface area contributed by atoms with Crippen LogP contribution in [0.15, 0.2) is 42.5 Å². The molecule has 0 radical (unpaired) electrons. The van der Waals surface area contributed by atoms with Crippen molar-refractivity contribution in [2.75, 3.05) is 43.2 Å². The summed E-state index contributed by atoms with van der Waals surface area (Å²) in [5.41, 5.74) is 1.24. The van der Waals surface area contributed by atoms with Crippen molar-refractivity contribution in [2.45, 2.75) is 6.92 Å². The Bertz CT molecular complexity index is 904. The summed E-state index contributed by atoms with van der Waals surface area (Å²) in [6.45, 7) is 1.25. The fraction of sp³-hybridized carbons (Fsp3) is 0.250. The number of anilines is 3.